The summed E-state index contributed by atoms with van der Waals surface area (Å²) in [6.07, 6.45) is 2.99. The Kier molecular flexibility index (Phi) is 5.02. The Morgan fingerprint density at radius 3 is 2.86 bits per heavy atom. The van der Waals surface area contributed by atoms with E-state index in [1.165, 1.54) is 17.2 Å². The van der Waals surface area contributed by atoms with Crippen LogP contribution in [0.3, 0.4) is 0 Å². The van der Waals surface area contributed by atoms with Crippen LogP contribution in [-0.2, 0) is 17.9 Å². The van der Waals surface area contributed by atoms with Crippen molar-refractivity contribution >= 4 is 39.1 Å². The topological polar surface area (TPSA) is 74.3 Å². The van der Waals surface area contributed by atoms with Crippen LogP contribution in [0.1, 0.15) is 26.6 Å². The molecule has 8 heteroatoms. The van der Waals surface area contributed by atoms with Gasteiger partial charge < -0.3 is 9.15 Å². The number of nitrogens with zero attached hydrogens (tertiary/aromatic N) is 2. The zero-order chi connectivity index (χ0) is 19.7. The Balaban J connectivity index is 1.65. The molecule has 1 aromatic carbocycles. The third-order valence-corrected chi connectivity index (χ3v) is 5.88. The molecule has 0 atom stereocenters. The highest BCUT2D eigenvalue weighted by atomic mass is 35.5. The Bertz CT molecular complexity index is 1210. The third-order valence-electron chi connectivity index (χ3n) is 4.33. The fourth-order valence-electron chi connectivity index (χ4n) is 2.87. The van der Waals surface area contributed by atoms with Crippen LogP contribution in [0.25, 0.3) is 10.2 Å². The van der Waals surface area contributed by atoms with Gasteiger partial charge in [-0.05, 0) is 36.2 Å². The van der Waals surface area contributed by atoms with E-state index >= 15 is 0 Å². The summed E-state index contributed by atoms with van der Waals surface area (Å²) in [5.41, 5.74) is 1.16. The number of benzene rings is 1. The van der Waals surface area contributed by atoms with Crippen molar-refractivity contribution in [1.29, 1.82) is 0 Å². The van der Waals surface area contributed by atoms with Gasteiger partial charge in [0.2, 0.25) is 0 Å². The molecule has 3 aromatic heterocycles. The maximum absolute atomic E-state index is 13.0. The molecule has 0 bridgehead atoms. The van der Waals surface area contributed by atoms with Crippen LogP contribution in [0.2, 0.25) is 5.02 Å². The van der Waals surface area contributed by atoms with Crippen LogP contribution in [0, 0.1) is 6.92 Å². The molecule has 3 heterocycles. The van der Waals surface area contributed by atoms with E-state index in [2.05, 4.69) is 4.98 Å². The first-order valence-corrected chi connectivity index (χ1v) is 9.65. The average Bonchev–Trinajstić information content (AvgIpc) is 3.32. The highest BCUT2D eigenvalue weighted by molar-refractivity contribution is 7.20. The number of carbonyl (C=O) groups excluding carboxylic acids is 1. The van der Waals surface area contributed by atoms with Gasteiger partial charge in [-0.2, -0.15) is 0 Å². The molecule has 0 saturated carbocycles. The molecule has 28 heavy (non-hydrogen) atoms. The number of esters is 1. The number of furan rings is 1. The number of carbonyl (C=O) groups is 1. The number of rotatable bonds is 5. The van der Waals surface area contributed by atoms with Crippen molar-refractivity contribution in [3.63, 3.8) is 0 Å². The van der Waals surface area contributed by atoms with E-state index < -0.39 is 5.97 Å². The Hall–Kier alpha value is -2.90. The van der Waals surface area contributed by atoms with Gasteiger partial charge in [-0.1, -0.05) is 29.8 Å². The van der Waals surface area contributed by atoms with Gasteiger partial charge in [0.15, 0.2) is 0 Å². The largest absolute Gasteiger partial charge is 0.466 e. The van der Waals surface area contributed by atoms with E-state index in [1.807, 2.05) is 18.2 Å². The molecule has 0 amide bonds. The molecule has 0 radical (unpaired) electrons. The van der Waals surface area contributed by atoms with Gasteiger partial charge in [0.1, 0.15) is 22.1 Å². The van der Waals surface area contributed by atoms with Crippen molar-refractivity contribution in [3.05, 3.63) is 86.1 Å². The second-order valence-corrected chi connectivity index (χ2v) is 7.57. The smallest absolute Gasteiger partial charge is 0.349 e. The normalized spacial score (nSPS) is 11.1. The molecule has 0 aliphatic rings. The molecule has 0 spiro atoms. The summed E-state index contributed by atoms with van der Waals surface area (Å²) in [6, 6.07) is 10.8. The third kappa shape index (κ3) is 3.46. The molecule has 0 saturated heterocycles. The van der Waals surface area contributed by atoms with Crippen molar-refractivity contribution in [2.75, 3.05) is 0 Å². The molecular formula is C20H15ClN2O4S. The lowest BCUT2D eigenvalue weighted by Crippen LogP contribution is -2.21. The fraction of sp³-hybridized carbons (Fsp3) is 0.150. The van der Waals surface area contributed by atoms with Gasteiger partial charge in [0, 0.05) is 5.02 Å². The lowest BCUT2D eigenvalue weighted by Gasteiger charge is -2.07. The van der Waals surface area contributed by atoms with Gasteiger partial charge in [-0.3, -0.25) is 9.36 Å². The average molecular weight is 415 g/mol. The van der Waals surface area contributed by atoms with Crippen molar-refractivity contribution < 1.29 is 13.9 Å². The van der Waals surface area contributed by atoms with Crippen LogP contribution >= 0.6 is 22.9 Å². The molecule has 0 aliphatic carbocycles. The van der Waals surface area contributed by atoms with Crippen molar-refractivity contribution in [1.82, 2.24) is 9.55 Å². The van der Waals surface area contributed by atoms with Gasteiger partial charge in [-0.15, -0.1) is 11.3 Å². The van der Waals surface area contributed by atoms with Crippen LogP contribution in [0.15, 0.2) is 58.2 Å². The molecule has 0 fully saturated rings. The van der Waals surface area contributed by atoms with Gasteiger partial charge in [0.05, 0.1) is 24.5 Å². The summed E-state index contributed by atoms with van der Waals surface area (Å²) in [6.45, 7) is 2.06. The number of ether oxygens (including phenoxy) is 1. The molecule has 0 N–H and O–H groups in total. The number of halogens is 1. The number of hydrogen-bond acceptors (Lipinski definition) is 6. The number of thiophene rings is 1. The fourth-order valence-corrected chi connectivity index (χ4v) is 4.10. The van der Waals surface area contributed by atoms with Crippen LogP contribution in [0.5, 0.6) is 0 Å². The molecule has 4 aromatic rings. The predicted molar refractivity (Wildman–Crippen MR) is 107 cm³/mol. The monoisotopic (exact) mass is 414 g/mol. The van der Waals surface area contributed by atoms with Crippen LogP contribution in [0.4, 0.5) is 0 Å². The lowest BCUT2D eigenvalue weighted by atomic mass is 10.2. The number of hydrogen-bond donors (Lipinski definition) is 0. The molecule has 142 valence electrons. The second-order valence-electron chi connectivity index (χ2n) is 6.16. The summed E-state index contributed by atoms with van der Waals surface area (Å²) in [7, 11) is 0. The zero-order valence-electron chi connectivity index (χ0n) is 14.8. The number of aromatic nitrogens is 2. The SMILES string of the molecule is Cc1c(C(=O)OCc2ccco2)sc2ncn(Cc3ccccc3Cl)c(=O)c12. The van der Waals surface area contributed by atoms with E-state index in [-0.39, 0.29) is 12.2 Å². The second kappa shape index (κ2) is 7.61. The minimum Gasteiger partial charge on any atom is -0.466 e. The van der Waals surface area contributed by atoms with Crippen molar-refractivity contribution in [2.24, 2.45) is 0 Å². The molecule has 4 rings (SSSR count). The quantitative estimate of drug-likeness (QED) is 0.452. The maximum Gasteiger partial charge on any atom is 0.349 e. The van der Waals surface area contributed by atoms with Gasteiger partial charge >= 0.3 is 5.97 Å². The van der Waals surface area contributed by atoms with Gasteiger partial charge in [0.25, 0.3) is 5.56 Å². The summed E-state index contributed by atoms with van der Waals surface area (Å²) in [4.78, 5) is 30.6. The lowest BCUT2D eigenvalue weighted by molar-refractivity contribution is 0.0450. The number of aryl methyl sites for hydroxylation is 1. The minimum absolute atomic E-state index is 0.0314. The molecule has 0 unspecified atom stereocenters. The Morgan fingerprint density at radius 1 is 1.29 bits per heavy atom. The first-order chi connectivity index (χ1) is 13.5. The van der Waals surface area contributed by atoms with E-state index in [0.29, 0.717) is 38.0 Å². The van der Waals surface area contributed by atoms with Crippen LogP contribution < -0.4 is 5.56 Å². The van der Waals surface area contributed by atoms with Crippen molar-refractivity contribution in [3.8, 4) is 0 Å². The molecular weight excluding hydrogens is 400 g/mol. The Labute approximate surface area is 169 Å². The number of fused-ring (bicyclic) bond motifs is 1. The maximum atomic E-state index is 13.0. The predicted octanol–water partition coefficient (Wildman–Crippen LogP) is 4.42. The van der Waals surface area contributed by atoms with E-state index in [1.54, 1.807) is 25.1 Å². The highest BCUT2D eigenvalue weighted by Gasteiger charge is 2.21. The van der Waals surface area contributed by atoms with Crippen LogP contribution in [-0.4, -0.2) is 15.5 Å². The highest BCUT2D eigenvalue weighted by Crippen LogP contribution is 2.28. The molecule has 6 nitrogen and oxygen atoms in total. The summed E-state index contributed by atoms with van der Waals surface area (Å²) >= 11 is 7.34. The Morgan fingerprint density at radius 2 is 2.11 bits per heavy atom. The van der Waals surface area contributed by atoms with Gasteiger partial charge in [-0.25, -0.2) is 9.78 Å². The van der Waals surface area contributed by atoms with E-state index in [9.17, 15) is 9.59 Å². The van der Waals surface area contributed by atoms with E-state index in [4.69, 9.17) is 20.8 Å². The first kappa shape index (κ1) is 18.5. The summed E-state index contributed by atoms with van der Waals surface area (Å²) < 4.78 is 11.9. The first-order valence-electron chi connectivity index (χ1n) is 8.46. The van der Waals surface area contributed by atoms with Crippen molar-refractivity contribution in [2.45, 2.75) is 20.1 Å². The standard InChI is InChI=1S/C20H15ClN2O4S/c1-12-16-18(28-17(12)20(25)27-10-14-6-4-8-26-14)22-11-23(19(16)24)9-13-5-2-3-7-15(13)21/h2-8,11H,9-10H2,1H3. The molecule has 0 aliphatic heterocycles. The summed E-state index contributed by atoms with van der Waals surface area (Å²) in [5.74, 6) is 0.0429. The minimum atomic E-state index is -0.506. The summed E-state index contributed by atoms with van der Waals surface area (Å²) in [5, 5.41) is 1.00. The zero-order valence-corrected chi connectivity index (χ0v) is 16.4. The van der Waals surface area contributed by atoms with E-state index in [0.717, 1.165) is 16.9 Å².